The largest absolute Gasteiger partial charge is 0.304 e. The van der Waals surface area contributed by atoms with Gasteiger partial charge in [-0.1, -0.05) is 0 Å². The predicted molar refractivity (Wildman–Crippen MR) is 59.7 cm³/mol. The van der Waals surface area contributed by atoms with Crippen LogP contribution in [0.2, 0.25) is 0 Å². The SMILES string of the molecule is O=C(Nc1cnc(Br)cn1)c1cnccn1. The Bertz CT molecular complexity index is 487. The van der Waals surface area contributed by atoms with Gasteiger partial charge in [0.15, 0.2) is 5.82 Å². The van der Waals surface area contributed by atoms with Gasteiger partial charge in [0.1, 0.15) is 10.3 Å². The summed E-state index contributed by atoms with van der Waals surface area (Å²) in [6.45, 7) is 0. The summed E-state index contributed by atoms with van der Waals surface area (Å²) in [5.41, 5.74) is 0.229. The highest BCUT2D eigenvalue weighted by molar-refractivity contribution is 9.10. The second-order valence-electron chi connectivity index (χ2n) is 2.77. The Kier molecular flexibility index (Phi) is 3.16. The van der Waals surface area contributed by atoms with E-state index in [1.165, 1.54) is 31.0 Å². The molecule has 80 valence electrons. The Morgan fingerprint density at radius 2 is 2.00 bits per heavy atom. The van der Waals surface area contributed by atoms with Crippen molar-refractivity contribution in [3.05, 3.63) is 41.3 Å². The number of hydrogen-bond donors (Lipinski definition) is 1. The van der Waals surface area contributed by atoms with E-state index in [4.69, 9.17) is 0 Å². The maximum Gasteiger partial charge on any atom is 0.277 e. The van der Waals surface area contributed by atoms with Crippen LogP contribution in [0.25, 0.3) is 0 Å². The van der Waals surface area contributed by atoms with Gasteiger partial charge in [0.25, 0.3) is 5.91 Å². The Labute approximate surface area is 99.3 Å². The van der Waals surface area contributed by atoms with Crippen molar-refractivity contribution in [1.29, 1.82) is 0 Å². The fourth-order valence-corrected chi connectivity index (χ4v) is 1.18. The molecule has 2 aromatic heterocycles. The molecule has 0 radical (unpaired) electrons. The quantitative estimate of drug-likeness (QED) is 0.896. The Balaban J connectivity index is 2.11. The van der Waals surface area contributed by atoms with Crippen molar-refractivity contribution in [3.8, 4) is 0 Å². The highest BCUT2D eigenvalue weighted by Gasteiger charge is 2.07. The minimum absolute atomic E-state index is 0.229. The van der Waals surface area contributed by atoms with Crippen LogP contribution >= 0.6 is 15.9 Å². The molecule has 16 heavy (non-hydrogen) atoms. The average Bonchev–Trinajstić information content (AvgIpc) is 2.33. The van der Waals surface area contributed by atoms with Gasteiger partial charge in [-0.25, -0.2) is 15.0 Å². The van der Waals surface area contributed by atoms with Crippen molar-refractivity contribution >= 4 is 27.7 Å². The molecule has 0 aromatic carbocycles. The number of nitrogens with one attached hydrogen (secondary N) is 1. The number of aromatic nitrogens is 4. The molecular formula is C9H6BrN5O. The number of carbonyl (C=O) groups excluding carboxylic acids is 1. The van der Waals surface area contributed by atoms with Crippen LogP contribution in [0.5, 0.6) is 0 Å². The molecule has 0 atom stereocenters. The van der Waals surface area contributed by atoms with Crippen molar-refractivity contribution in [3.63, 3.8) is 0 Å². The molecule has 0 aliphatic heterocycles. The number of nitrogens with zero attached hydrogens (tertiary/aromatic N) is 4. The first kappa shape index (κ1) is 10.6. The molecule has 2 heterocycles. The van der Waals surface area contributed by atoms with Gasteiger partial charge in [0.05, 0.1) is 18.6 Å². The predicted octanol–water partition coefficient (Wildman–Crippen LogP) is 1.28. The standard InChI is InChI=1S/C9H6BrN5O/c10-7-4-14-8(5-13-7)15-9(16)6-3-11-1-2-12-6/h1-5H,(H,14,15,16). The van der Waals surface area contributed by atoms with Gasteiger partial charge in [-0.3, -0.25) is 9.78 Å². The maximum atomic E-state index is 11.6. The van der Waals surface area contributed by atoms with E-state index in [-0.39, 0.29) is 11.6 Å². The lowest BCUT2D eigenvalue weighted by molar-refractivity contribution is 0.102. The molecule has 1 amide bonds. The third kappa shape index (κ3) is 2.57. The molecule has 0 aliphatic rings. The van der Waals surface area contributed by atoms with Crippen molar-refractivity contribution in [2.45, 2.75) is 0 Å². The summed E-state index contributed by atoms with van der Waals surface area (Å²) in [7, 11) is 0. The first-order valence-corrected chi connectivity index (χ1v) is 5.10. The van der Waals surface area contributed by atoms with Crippen molar-refractivity contribution in [2.75, 3.05) is 5.32 Å². The molecule has 6 nitrogen and oxygen atoms in total. The van der Waals surface area contributed by atoms with Gasteiger partial charge in [-0.05, 0) is 15.9 Å². The van der Waals surface area contributed by atoms with Gasteiger partial charge >= 0.3 is 0 Å². The molecule has 7 heteroatoms. The highest BCUT2D eigenvalue weighted by atomic mass is 79.9. The lowest BCUT2D eigenvalue weighted by Gasteiger charge is -2.02. The normalized spacial score (nSPS) is 9.81. The van der Waals surface area contributed by atoms with Crippen LogP contribution in [0.4, 0.5) is 5.82 Å². The van der Waals surface area contributed by atoms with Crippen LogP contribution in [0, 0.1) is 0 Å². The summed E-state index contributed by atoms with van der Waals surface area (Å²) in [5, 5.41) is 2.55. The number of rotatable bonds is 2. The van der Waals surface area contributed by atoms with Crippen molar-refractivity contribution in [1.82, 2.24) is 19.9 Å². The van der Waals surface area contributed by atoms with Crippen LogP contribution < -0.4 is 5.32 Å². The highest BCUT2D eigenvalue weighted by Crippen LogP contribution is 2.07. The first-order valence-electron chi connectivity index (χ1n) is 4.30. The van der Waals surface area contributed by atoms with Crippen LogP contribution in [0.15, 0.2) is 35.6 Å². The Morgan fingerprint density at radius 1 is 1.12 bits per heavy atom. The maximum absolute atomic E-state index is 11.6. The summed E-state index contributed by atoms with van der Waals surface area (Å²) < 4.78 is 0.602. The van der Waals surface area contributed by atoms with Crippen molar-refractivity contribution in [2.24, 2.45) is 0 Å². The van der Waals surface area contributed by atoms with E-state index in [2.05, 4.69) is 41.2 Å². The number of amides is 1. The van der Waals surface area contributed by atoms with E-state index in [9.17, 15) is 4.79 Å². The third-order valence-corrected chi connectivity index (χ3v) is 2.07. The van der Waals surface area contributed by atoms with Gasteiger partial charge in [0, 0.05) is 12.4 Å². The molecule has 0 unspecified atom stereocenters. The van der Waals surface area contributed by atoms with E-state index in [1.807, 2.05) is 0 Å². The van der Waals surface area contributed by atoms with Crippen LogP contribution in [0.1, 0.15) is 10.5 Å². The van der Waals surface area contributed by atoms with E-state index < -0.39 is 0 Å². The van der Waals surface area contributed by atoms with E-state index >= 15 is 0 Å². The molecule has 0 saturated heterocycles. The summed E-state index contributed by atoms with van der Waals surface area (Å²) in [5.74, 6) is -0.0106. The molecule has 2 rings (SSSR count). The molecule has 1 N–H and O–H groups in total. The second-order valence-corrected chi connectivity index (χ2v) is 3.58. The Morgan fingerprint density at radius 3 is 2.62 bits per heavy atom. The van der Waals surface area contributed by atoms with Crippen LogP contribution in [0.3, 0.4) is 0 Å². The minimum atomic E-state index is -0.371. The van der Waals surface area contributed by atoms with Gasteiger partial charge in [0.2, 0.25) is 0 Å². The molecule has 0 fully saturated rings. The summed E-state index contributed by atoms with van der Waals surface area (Å²) in [6, 6.07) is 0. The molecule has 0 spiro atoms. The first-order chi connectivity index (χ1) is 7.75. The van der Waals surface area contributed by atoms with E-state index in [1.54, 1.807) is 0 Å². The zero-order chi connectivity index (χ0) is 11.4. The fourth-order valence-electron chi connectivity index (χ4n) is 0.974. The van der Waals surface area contributed by atoms with Crippen LogP contribution in [-0.2, 0) is 0 Å². The van der Waals surface area contributed by atoms with Crippen molar-refractivity contribution < 1.29 is 4.79 Å². The number of carbonyl (C=O) groups is 1. The molecular weight excluding hydrogens is 274 g/mol. The van der Waals surface area contributed by atoms with Gasteiger partial charge in [-0.2, -0.15) is 0 Å². The number of halogens is 1. The van der Waals surface area contributed by atoms with Gasteiger partial charge < -0.3 is 5.32 Å². The monoisotopic (exact) mass is 279 g/mol. The molecule has 0 saturated carbocycles. The summed E-state index contributed by atoms with van der Waals surface area (Å²) in [4.78, 5) is 27.1. The Hall–Kier alpha value is -1.89. The average molecular weight is 280 g/mol. The van der Waals surface area contributed by atoms with E-state index in [0.29, 0.717) is 10.4 Å². The minimum Gasteiger partial charge on any atom is -0.304 e. The molecule has 0 aliphatic carbocycles. The lowest BCUT2D eigenvalue weighted by atomic mass is 10.4. The summed E-state index contributed by atoms with van der Waals surface area (Å²) >= 11 is 3.15. The zero-order valence-corrected chi connectivity index (χ0v) is 9.55. The third-order valence-electron chi connectivity index (χ3n) is 1.66. The summed E-state index contributed by atoms with van der Waals surface area (Å²) in [6.07, 6.45) is 7.25. The number of hydrogen-bond acceptors (Lipinski definition) is 5. The van der Waals surface area contributed by atoms with E-state index in [0.717, 1.165) is 0 Å². The lowest BCUT2D eigenvalue weighted by Crippen LogP contribution is -2.14. The van der Waals surface area contributed by atoms with Gasteiger partial charge in [-0.15, -0.1) is 0 Å². The second kappa shape index (κ2) is 4.75. The molecule has 2 aromatic rings. The number of anilines is 1. The fraction of sp³-hybridized carbons (Fsp3) is 0. The topological polar surface area (TPSA) is 80.7 Å². The molecule has 0 bridgehead atoms. The zero-order valence-electron chi connectivity index (χ0n) is 7.96. The van der Waals surface area contributed by atoms with Crippen LogP contribution in [-0.4, -0.2) is 25.8 Å². The smallest absolute Gasteiger partial charge is 0.277 e.